The van der Waals surface area contributed by atoms with Gasteiger partial charge in [-0.05, 0) is 31.2 Å². The molecule has 0 amide bonds. The van der Waals surface area contributed by atoms with Crippen molar-refractivity contribution in [3.05, 3.63) is 90.3 Å². The van der Waals surface area contributed by atoms with Crippen molar-refractivity contribution in [3.8, 4) is 34.2 Å². The SMILES string of the molecule is COc1ccccc1-c1noc(CSc2nnc(-c3ccccc3)n2-c2ccc(C)cc2)n1. The first-order valence-electron chi connectivity index (χ1n) is 10.4. The van der Waals surface area contributed by atoms with E-state index in [1.165, 1.54) is 17.3 Å². The van der Waals surface area contributed by atoms with Crippen molar-refractivity contribution >= 4 is 11.8 Å². The molecule has 0 unspecified atom stereocenters. The summed E-state index contributed by atoms with van der Waals surface area (Å²) < 4.78 is 13.0. The number of aromatic nitrogens is 5. The largest absolute Gasteiger partial charge is 0.496 e. The number of thioether (sulfide) groups is 1. The molecular weight excluding hydrogens is 434 g/mol. The molecule has 0 aliphatic carbocycles. The smallest absolute Gasteiger partial charge is 0.237 e. The summed E-state index contributed by atoms with van der Waals surface area (Å²) in [5.74, 6) is 2.93. The quantitative estimate of drug-likeness (QED) is 0.296. The summed E-state index contributed by atoms with van der Waals surface area (Å²) in [4.78, 5) is 4.55. The Morgan fingerprint density at radius 1 is 0.909 bits per heavy atom. The third kappa shape index (κ3) is 4.38. The van der Waals surface area contributed by atoms with Gasteiger partial charge in [0.15, 0.2) is 11.0 Å². The average molecular weight is 456 g/mol. The highest BCUT2D eigenvalue weighted by Crippen LogP contribution is 2.31. The Kier molecular flexibility index (Phi) is 5.91. The van der Waals surface area contributed by atoms with E-state index in [2.05, 4.69) is 56.1 Å². The topological polar surface area (TPSA) is 78.9 Å². The van der Waals surface area contributed by atoms with Crippen LogP contribution in [-0.2, 0) is 5.75 Å². The summed E-state index contributed by atoms with van der Waals surface area (Å²) in [6.07, 6.45) is 0. The molecule has 8 heteroatoms. The van der Waals surface area contributed by atoms with E-state index < -0.39 is 0 Å². The van der Waals surface area contributed by atoms with Gasteiger partial charge in [-0.3, -0.25) is 4.57 Å². The number of nitrogens with zero attached hydrogens (tertiary/aromatic N) is 5. The van der Waals surface area contributed by atoms with Gasteiger partial charge in [0.25, 0.3) is 0 Å². The Hall–Kier alpha value is -3.91. The van der Waals surface area contributed by atoms with Gasteiger partial charge in [0.1, 0.15) is 5.75 Å². The zero-order chi connectivity index (χ0) is 22.6. The fraction of sp³-hybridized carbons (Fsp3) is 0.120. The molecule has 0 atom stereocenters. The lowest BCUT2D eigenvalue weighted by Gasteiger charge is -2.10. The number of ether oxygens (including phenoxy) is 1. The zero-order valence-electron chi connectivity index (χ0n) is 18.2. The van der Waals surface area contributed by atoms with Crippen LogP contribution in [0.15, 0.2) is 88.5 Å². The fourth-order valence-corrected chi connectivity index (χ4v) is 4.23. The highest BCUT2D eigenvalue weighted by molar-refractivity contribution is 7.98. The van der Waals surface area contributed by atoms with Crippen molar-refractivity contribution in [1.29, 1.82) is 0 Å². The molecule has 2 aromatic heterocycles. The van der Waals surface area contributed by atoms with Crippen LogP contribution in [0.2, 0.25) is 0 Å². The number of aryl methyl sites for hydroxylation is 1. The minimum Gasteiger partial charge on any atom is -0.496 e. The molecule has 33 heavy (non-hydrogen) atoms. The lowest BCUT2D eigenvalue weighted by molar-refractivity contribution is 0.390. The third-order valence-corrected chi connectivity index (χ3v) is 6.01. The molecule has 7 nitrogen and oxygen atoms in total. The van der Waals surface area contributed by atoms with Gasteiger partial charge < -0.3 is 9.26 Å². The Balaban J connectivity index is 1.44. The first-order chi connectivity index (χ1) is 16.2. The lowest BCUT2D eigenvalue weighted by atomic mass is 10.2. The first kappa shape index (κ1) is 21.0. The van der Waals surface area contributed by atoms with Crippen molar-refractivity contribution in [1.82, 2.24) is 24.9 Å². The monoisotopic (exact) mass is 455 g/mol. The van der Waals surface area contributed by atoms with Crippen LogP contribution in [-0.4, -0.2) is 32.0 Å². The first-order valence-corrected chi connectivity index (χ1v) is 11.4. The molecule has 3 aromatic carbocycles. The highest BCUT2D eigenvalue weighted by atomic mass is 32.2. The van der Waals surface area contributed by atoms with Crippen molar-refractivity contribution < 1.29 is 9.26 Å². The van der Waals surface area contributed by atoms with Crippen LogP contribution in [0.25, 0.3) is 28.5 Å². The summed E-state index contributed by atoms with van der Waals surface area (Å²) in [7, 11) is 1.62. The molecule has 0 aliphatic rings. The summed E-state index contributed by atoms with van der Waals surface area (Å²) in [5.41, 5.74) is 3.96. The maximum absolute atomic E-state index is 5.50. The van der Waals surface area contributed by atoms with Gasteiger partial charge >= 0.3 is 0 Å². The van der Waals surface area contributed by atoms with Gasteiger partial charge in [-0.2, -0.15) is 4.98 Å². The number of benzene rings is 3. The average Bonchev–Trinajstić information content (AvgIpc) is 3.51. The van der Waals surface area contributed by atoms with Crippen molar-refractivity contribution in [2.45, 2.75) is 17.8 Å². The normalized spacial score (nSPS) is 11.0. The van der Waals surface area contributed by atoms with E-state index in [1.54, 1.807) is 7.11 Å². The maximum atomic E-state index is 5.50. The molecule has 164 valence electrons. The van der Waals surface area contributed by atoms with Crippen LogP contribution in [0.5, 0.6) is 5.75 Å². The third-order valence-electron chi connectivity index (χ3n) is 5.10. The van der Waals surface area contributed by atoms with E-state index in [1.807, 2.05) is 54.6 Å². The molecule has 5 rings (SSSR count). The molecule has 0 spiro atoms. The number of methoxy groups -OCH3 is 1. The van der Waals surface area contributed by atoms with E-state index >= 15 is 0 Å². The Bertz CT molecular complexity index is 1360. The van der Waals surface area contributed by atoms with Gasteiger partial charge in [0.2, 0.25) is 11.7 Å². The summed E-state index contributed by atoms with van der Waals surface area (Å²) >= 11 is 1.50. The van der Waals surface area contributed by atoms with Crippen LogP contribution in [0.3, 0.4) is 0 Å². The molecular formula is C25H21N5O2S. The molecule has 0 saturated heterocycles. The van der Waals surface area contributed by atoms with Crippen LogP contribution in [0.4, 0.5) is 0 Å². The van der Waals surface area contributed by atoms with Gasteiger partial charge in [0.05, 0.1) is 18.4 Å². The fourth-order valence-electron chi connectivity index (χ4n) is 3.44. The molecule has 0 radical (unpaired) electrons. The molecule has 0 fully saturated rings. The van der Waals surface area contributed by atoms with E-state index in [0.29, 0.717) is 23.2 Å². The molecule has 0 bridgehead atoms. The molecule has 2 heterocycles. The minimum absolute atomic E-state index is 0.459. The molecule has 5 aromatic rings. The van der Waals surface area contributed by atoms with Crippen molar-refractivity contribution in [3.63, 3.8) is 0 Å². The van der Waals surface area contributed by atoms with Gasteiger partial charge in [-0.15, -0.1) is 10.2 Å². The summed E-state index contributed by atoms with van der Waals surface area (Å²) in [5, 5.41) is 13.8. The van der Waals surface area contributed by atoms with Crippen molar-refractivity contribution in [2.75, 3.05) is 7.11 Å². The molecule has 0 N–H and O–H groups in total. The number of hydrogen-bond donors (Lipinski definition) is 0. The van der Waals surface area contributed by atoms with Crippen LogP contribution < -0.4 is 4.74 Å². The van der Waals surface area contributed by atoms with E-state index in [4.69, 9.17) is 9.26 Å². The molecule has 0 aliphatic heterocycles. The van der Waals surface area contributed by atoms with Crippen LogP contribution in [0, 0.1) is 6.92 Å². The number of rotatable bonds is 7. The standard InChI is InChI=1S/C25H21N5O2S/c1-17-12-14-19(15-13-17)30-24(18-8-4-3-5-9-18)27-28-25(30)33-16-22-26-23(29-32-22)20-10-6-7-11-21(20)31-2/h3-15H,16H2,1-2H3. The van der Waals surface area contributed by atoms with Gasteiger partial charge in [-0.1, -0.05) is 77.1 Å². The maximum Gasteiger partial charge on any atom is 0.237 e. The second-order valence-corrected chi connectivity index (χ2v) is 8.29. The summed E-state index contributed by atoms with van der Waals surface area (Å²) in [6.45, 7) is 2.07. The number of para-hydroxylation sites is 1. The second-order valence-electron chi connectivity index (χ2n) is 7.34. The van der Waals surface area contributed by atoms with E-state index in [0.717, 1.165) is 27.8 Å². The Labute approximate surface area is 195 Å². The highest BCUT2D eigenvalue weighted by Gasteiger charge is 2.18. The Morgan fingerprint density at radius 3 is 2.45 bits per heavy atom. The second kappa shape index (κ2) is 9.30. The van der Waals surface area contributed by atoms with Crippen LogP contribution in [0.1, 0.15) is 11.5 Å². The zero-order valence-corrected chi connectivity index (χ0v) is 19.0. The Morgan fingerprint density at radius 2 is 1.67 bits per heavy atom. The predicted molar refractivity (Wildman–Crippen MR) is 127 cm³/mol. The van der Waals surface area contributed by atoms with E-state index in [-0.39, 0.29) is 0 Å². The van der Waals surface area contributed by atoms with Crippen LogP contribution >= 0.6 is 11.8 Å². The van der Waals surface area contributed by atoms with Gasteiger partial charge in [-0.25, -0.2) is 0 Å². The summed E-state index contributed by atoms with van der Waals surface area (Å²) in [6, 6.07) is 25.9. The van der Waals surface area contributed by atoms with Crippen molar-refractivity contribution in [2.24, 2.45) is 0 Å². The molecule has 0 saturated carbocycles. The lowest BCUT2D eigenvalue weighted by Crippen LogP contribution is -2.00. The predicted octanol–water partition coefficient (Wildman–Crippen LogP) is 5.59. The minimum atomic E-state index is 0.459. The van der Waals surface area contributed by atoms with E-state index in [9.17, 15) is 0 Å². The number of hydrogen-bond acceptors (Lipinski definition) is 7. The van der Waals surface area contributed by atoms with Gasteiger partial charge in [0, 0.05) is 11.3 Å².